The first kappa shape index (κ1) is 20.8. The maximum absolute atomic E-state index is 13.4. The maximum atomic E-state index is 13.4. The third-order valence-electron chi connectivity index (χ3n) is 5.07. The normalized spacial score (nSPS) is 11.1. The van der Waals surface area contributed by atoms with Crippen LogP contribution >= 0.6 is 11.6 Å². The van der Waals surface area contributed by atoms with E-state index in [1.807, 2.05) is 26.0 Å². The van der Waals surface area contributed by atoms with Gasteiger partial charge in [-0.25, -0.2) is 8.91 Å². The van der Waals surface area contributed by atoms with Crippen molar-refractivity contribution in [1.82, 2.24) is 19.5 Å². The van der Waals surface area contributed by atoms with Gasteiger partial charge in [0.1, 0.15) is 11.3 Å². The van der Waals surface area contributed by atoms with Gasteiger partial charge in [0, 0.05) is 31.0 Å². The lowest BCUT2D eigenvalue weighted by molar-refractivity contribution is 0.0952. The van der Waals surface area contributed by atoms with Crippen LogP contribution in [0.25, 0.3) is 16.8 Å². The molecule has 1 amide bonds. The second-order valence-corrected chi connectivity index (χ2v) is 7.76. The van der Waals surface area contributed by atoms with Gasteiger partial charge in [0.2, 0.25) is 0 Å². The standard InChI is InChI=1S/C23H20ClFN4O2/c1-14-3-5-17(15(2)11-14)20-13-21-23(31)28(9-10-29(21)27-20)8-7-26-22(30)18-12-16(25)4-6-19(18)24/h3-6,9-13H,7-8H2,1-2H3,(H,26,30). The Hall–Kier alpha value is -3.45. The molecular weight excluding hydrogens is 419 g/mol. The van der Waals surface area contributed by atoms with Gasteiger partial charge >= 0.3 is 0 Å². The van der Waals surface area contributed by atoms with Crippen molar-refractivity contribution in [3.63, 3.8) is 0 Å². The van der Waals surface area contributed by atoms with E-state index in [2.05, 4.69) is 16.5 Å². The minimum atomic E-state index is -0.545. The van der Waals surface area contributed by atoms with Crippen LogP contribution in [0.3, 0.4) is 0 Å². The molecule has 0 aliphatic rings. The molecule has 0 bridgehead atoms. The summed E-state index contributed by atoms with van der Waals surface area (Å²) in [7, 11) is 0. The number of rotatable bonds is 5. The van der Waals surface area contributed by atoms with E-state index >= 15 is 0 Å². The average Bonchev–Trinajstić information content (AvgIpc) is 3.16. The summed E-state index contributed by atoms with van der Waals surface area (Å²) < 4.78 is 16.4. The molecule has 4 rings (SSSR count). The minimum Gasteiger partial charge on any atom is -0.350 e. The number of fused-ring (bicyclic) bond motifs is 1. The van der Waals surface area contributed by atoms with Crippen LogP contribution in [0.5, 0.6) is 0 Å². The smallest absolute Gasteiger partial charge is 0.276 e. The van der Waals surface area contributed by atoms with E-state index in [1.54, 1.807) is 23.0 Å². The summed E-state index contributed by atoms with van der Waals surface area (Å²) in [4.78, 5) is 25.1. The first-order valence-electron chi connectivity index (χ1n) is 9.73. The van der Waals surface area contributed by atoms with Crippen molar-refractivity contribution in [2.75, 3.05) is 6.54 Å². The summed E-state index contributed by atoms with van der Waals surface area (Å²) in [6.07, 6.45) is 3.32. The molecule has 0 unspecified atom stereocenters. The SMILES string of the molecule is Cc1ccc(-c2cc3c(=O)n(CCNC(=O)c4cc(F)ccc4Cl)ccn3n2)c(C)c1. The molecule has 0 spiro atoms. The largest absolute Gasteiger partial charge is 0.350 e. The van der Waals surface area contributed by atoms with E-state index in [9.17, 15) is 14.0 Å². The summed E-state index contributed by atoms with van der Waals surface area (Å²) in [6, 6.07) is 11.4. The summed E-state index contributed by atoms with van der Waals surface area (Å²) in [5.74, 6) is -1.04. The number of nitrogens with zero attached hydrogens (tertiary/aromatic N) is 3. The van der Waals surface area contributed by atoms with Crippen LogP contribution < -0.4 is 10.9 Å². The van der Waals surface area contributed by atoms with Gasteiger partial charge in [-0.3, -0.25) is 9.59 Å². The molecule has 8 heteroatoms. The molecular formula is C23H20ClFN4O2. The van der Waals surface area contributed by atoms with Gasteiger partial charge in [-0.2, -0.15) is 5.10 Å². The average molecular weight is 439 g/mol. The Bertz CT molecular complexity index is 1360. The Kier molecular flexibility index (Phi) is 5.61. The number of halogens is 2. The van der Waals surface area contributed by atoms with Crippen LogP contribution in [-0.4, -0.2) is 26.6 Å². The monoisotopic (exact) mass is 438 g/mol. The summed E-state index contributed by atoms with van der Waals surface area (Å²) in [5, 5.41) is 7.35. The number of aromatic nitrogens is 3. The molecule has 4 aromatic rings. The maximum Gasteiger partial charge on any atom is 0.276 e. The molecule has 6 nitrogen and oxygen atoms in total. The lowest BCUT2D eigenvalue weighted by atomic mass is 10.0. The molecule has 0 fully saturated rings. The quantitative estimate of drug-likeness (QED) is 0.512. The highest BCUT2D eigenvalue weighted by Crippen LogP contribution is 2.23. The van der Waals surface area contributed by atoms with Crippen LogP contribution in [0.4, 0.5) is 4.39 Å². The molecule has 31 heavy (non-hydrogen) atoms. The van der Waals surface area contributed by atoms with E-state index in [1.165, 1.54) is 16.7 Å². The van der Waals surface area contributed by atoms with Crippen LogP contribution in [0.1, 0.15) is 21.5 Å². The van der Waals surface area contributed by atoms with Crippen molar-refractivity contribution in [1.29, 1.82) is 0 Å². The highest BCUT2D eigenvalue weighted by Gasteiger charge is 2.13. The topological polar surface area (TPSA) is 68.4 Å². The Morgan fingerprint density at radius 3 is 2.71 bits per heavy atom. The first-order chi connectivity index (χ1) is 14.8. The molecule has 2 aromatic carbocycles. The molecule has 1 N–H and O–H groups in total. The van der Waals surface area contributed by atoms with Gasteiger partial charge in [-0.1, -0.05) is 35.4 Å². The highest BCUT2D eigenvalue weighted by molar-refractivity contribution is 6.33. The van der Waals surface area contributed by atoms with Crippen LogP contribution in [-0.2, 0) is 6.54 Å². The van der Waals surface area contributed by atoms with E-state index in [0.717, 1.165) is 28.5 Å². The molecule has 0 saturated carbocycles. The second-order valence-electron chi connectivity index (χ2n) is 7.35. The highest BCUT2D eigenvalue weighted by atomic mass is 35.5. The zero-order chi connectivity index (χ0) is 22.1. The zero-order valence-corrected chi connectivity index (χ0v) is 17.8. The van der Waals surface area contributed by atoms with Gasteiger partial charge in [0.15, 0.2) is 0 Å². The number of amides is 1. The Morgan fingerprint density at radius 2 is 1.94 bits per heavy atom. The number of carbonyl (C=O) groups excluding carboxylic acids is 1. The van der Waals surface area contributed by atoms with Gasteiger partial charge < -0.3 is 9.88 Å². The molecule has 2 aromatic heterocycles. The fourth-order valence-electron chi connectivity index (χ4n) is 3.49. The summed E-state index contributed by atoms with van der Waals surface area (Å²) >= 11 is 5.96. The van der Waals surface area contributed by atoms with Crippen LogP contribution in [0.2, 0.25) is 5.02 Å². The fraction of sp³-hybridized carbons (Fsp3) is 0.174. The predicted octanol–water partition coefficient (Wildman–Crippen LogP) is 4.00. The Balaban J connectivity index is 1.52. The van der Waals surface area contributed by atoms with Crippen molar-refractivity contribution in [2.24, 2.45) is 0 Å². The lowest BCUT2D eigenvalue weighted by Crippen LogP contribution is -2.31. The van der Waals surface area contributed by atoms with Crippen LogP contribution in [0.15, 0.2) is 59.7 Å². The van der Waals surface area contributed by atoms with Gasteiger partial charge in [-0.15, -0.1) is 0 Å². The van der Waals surface area contributed by atoms with Crippen molar-refractivity contribution in [3.8, 4) is 11.3 Å². The minimum absolute atomic E-state index is 0.0540. The van der Waals surface area contributed by atoms with Gasteiger partial charge in [-0.05, 0) is 43.7 Å². The second kappa shape index (κ2) is 8.35. The Morgan fingerprint density at radius 1 is 1.13 bits per heavy atom. The number of nitrogens with one attached hydrogen (secondary N) is 1. The predicted molar refractivity (Wildman–Crippen MR) is 118 cm³/mol. The summed E-state index contributed by atoms with van der Waals surface area (Å²) in [6.45, 7) is 4.47. The Labute approximate surface area is 182 Å². The number of hydrogen-bond acceptors (Lipinski definition) is 3. The third-order valence-corrected chi connectivity index (χ3v) is 5.40. The molecule has 0 aliphatic heterocycles. The van der Waals surface area contributed by atoms with E-state index in [0.29, 0.717) is 5.52 Å². The molecule has 0 atom stereocenters. The fourth-order valence-corrected chi connectivity index (χ4v) is 3.69. The van der Waals surface area contributed by atoms with E-state index < -0.39 is 11.7 Å². The van der Waals surface area contributed by atoms with Crippen molar-refractivity contribution >= 4 is 23.0 Å². The van der Waals surface area contributed by atoms with Crippen molar-refractivity contribution in [2.45, 2.75) is 20.4 Å². The van der Waals surface area contributed by atoms with Crippen molar-refractivity contribution in [3.05, 3.63) is 92.7 Å². The van der Waals surface area contributed by atoms with Crippen LogP contribution in [0, 0.1) is 19.7 Å². The molecule has 0 aliphatic carbocycles. The van der Waals surface area contributed by atoms with Crippen molar-refractivity contribution < 1.29 is 9.18 Å². The van der Waals surface area contributed by atoms with E-state index in [-0.39, 0.29) is 29.2 Å². The lowest BCUT2D eigenvalue weighted by Gasteiger charge is -2.09. The number of aryl methyl sites for hydroxylation is 2. The third kappa shape index (κ3) is 4.22. The van der Waals surface area contributed by atoms with E-state index in [4.69, 9.17) is 11.6 Å². The molecule has 0 radical (unpaired) electrons. The first-order valence-corrected chi connectivity index (χ1v) is 10.1. The van der Waals surface area contributed by atoms with Gasteiger partial charge in [0.25, 0.3) is 11.5 Å². The van der Waals surface area contributed by atoms with Gasteiger partial charge in [0.05, 0.1) is 16.3 Å². The molecule has 0 saturated heterocycles. The zero-order valence-electron chi connectivity index (χ0n) is 17.0. The molecule has 2 heterocycles. The number of carbonyl (C=O) groups is 1. The number of benzene rings is 2. The molecule has 158 valence electrons. The summed E-state index contributed by atoms with van der Waals surface area (Å²) in [5.41, 5.74) is 4.22. The number of hydrogen-bond donors (Lipinski definition) is 1.